The number of aryl methyl sites for hydroxylation is 2. The molecule has 134 valence electrons. The molecule has 0 fully saturated rings. The Hall–Kier alpha value is -3.65. The second kappa shape index (κ2) is 8.15. The van der Waals surface area contributed by atoms with Gasteiger partial charge in [0.1, 0.15) is 5.69 Å². The van der Waals surface area contributed by atoms with Crippen molar-refractivity contribution in [1.82, 2.24) is 4.98 Å². The quantitative estimate of drug-likeness (QED) is 0.687. The van der Waals surface area contributed by atoms with Crippen LogP contribution in [-0.4, -0.2) is 10.9 Å². The summed E-state index contributed by atoms with van der Waals surface area (Å²) < 4.78 is 0. The van der Waals surface area contributed by atoms with Crippen LogP contribution in [0.3, 0.4) is 0 Å². The van der Waals surface area contributed by atoms with E-state index in [2.05, 4.69) is 28.6 Å². The molecule has 0 aliphatic carbocycles. The van der Waals surface area contributed by atoms with Crippen LogP contribution in [0, 0.1) is 18.3 Å². The fourth-order valence-corrected chi connectivity index (χ4v) is 2.81. The smallest absolute Gasteiger partial charge is 0.274 e. The van der Waals surface area contributed by atoms with E-state index in [4.69, 9.17) is 5.26 Å². The molecule has 0 bridgehead atoms. The molecule has 0 aliphatic heterocycles. The number of carbonyl (C=O) groups excluding carboxylic acids is 1. The van der Waals surface area contributed by atoms with E-state index in [-0.39, 0.29) is 5.91 Å². The first-order valence-electron chi connectivity index (χ1n) is 8.73. The molecule has 0 spiro atoms. The van der Waals surface area contributed by atoms with Gasteiger partial charge in [-0.05, 0) is 60.9 Å². The van der Waals surface area contributed by atoms with E-state index in [1.807, 2.05) is 37.3 Å². The molecule has 2 aromatic carbocycles. The molecule has 5 heteroatoms. The molecule has 27 heavy (non-hydrogen) atoms. The predicted octanol–water partition coefficient (Wildman–Crippen LogP) is 4.82. The van der Waals surface area contributed by atoms with Crippen LogP contribution in [0.5, 0.6) is 0 Å². The number of para-hydroxylation sites is 1. The number of hydrogen-bond donors (Lipinski definition) is 2. The van der Waals surface area contributed by atoms with Crippen LogP contribution in [0.25, 0.3) is 0 Å². The van der Waals surface area contributed by atoms with Crippen molar-refractivity contribution in [1.29, 1.82) is 5.26 Å². The van der Waals surface area contributed by atoms with Crippen molar-refractivity contribution in [3.05, 3.63) is 83.2 Å². The lowest BCUT2D eigenvalue weighted by Gasteiger charge is -2.13. The largest absolute Gasteiger partial charge is 0.355 e. The number of nitrogens with zero attached hydrogens (tertiary/aromatic N) is 2. The van der Waals surface area contributed by atoms with Crippen LogP contribution in [0.2, 0.25) is 0 Å². The summed E-state index contributed by atoms with van der Waals surface area (Å²) in [5.74, 6) is -0.248. The number of aromatic nitrogens is 1. The van der Waals surface area contributed by atoms with Gasteiger partial charge in [0.25, 0.3) is 5.91 Å². The summed E-state index contributed by atoms with van der Waals surface area (Å²) in [6.45, 7) is 4.04. The van der Waals surface area contributed by atoms with Gasteiger partial charge >= 0.3 is 0 Å². The van der Waals surface area contributed by atoms with Gasteiger partial charge in [-0.2, -0.15) is 5.26 Å². The summed E-state index contributed by atoms with van der Waals surface area (Å²) in [4.78, 5) is 16.9. The summed E-state index contributed by atoms with van der Waals surface area (Å²) in [7, 11) is 0. The van der Waals surface area contributed by atoms with Crippen molar-refractivity contribution in [2.45, 2.75) is 20.3 Å². The van der Waals surface area contributed by atoms with Gasteiger partial charge in [-0.15, -0.1) is 0 Å². The third-order valence-corrected chi connectivity index (χ3v) is 4.27. The SMILES string of the molecule is CCc1cccc(C)c1NC(=O)c1cc(Nc2ccc(C#N)cc2)ccn1. The predicted molar refractivity (Wildman–Crippen MR) is 107 cm³/mol. The van der Waals surface area contributed by atoms with Gasteiger partial charge < -0.3 is 10.6 Å². The zero-order valence-electron chi connectivity index (χ0n) is 15.3. The van der Waals surface area contributed by atoms with E-state index in [9.17, 15) is 4.79 Å². The van der Waals surface area contributed by atoms with Gasteiger partial charge in [0, 0.05) is 23.3 Å². The molecule has 2 N–H and O–H groups in total. The van der Waals surface area contributed by atoms with Crippen molar-refractivity contribution in [3.8, 4) is 6.07 Å². The Kier molecular flexibility index (Phi) is 5.48. The first-order chi connectivity index (χ1) is 13.1. The Balaban J connectivity index is 1.79. The number of rotatable bonds is 5. The van der Waals surface area contributed by atoms with Gasteiger partial charge in [-0.25, -0.2) is 0 Å². The molecule has 0 radical (unpaired) electrons. The minimum Gasteiger partial charge on any atom is -0.355 e. The van der Waals surface area contributed by atoms with E-state index >= 15 is 0 Å². The minimum atomic E-state index is -0.248. The molecule has 0 saturated carbocycles. The third kappa shape index (κ3) is 4.31. The lowest BCUT2D eigenvalue weighted by molar-refractivity contribution is 0.102. The maximum Gasteiger partial charge on any atom is 0.274 e. The average molecular weight is 356 g/mol. The Morgan fingerprint density at radius 1 is 1.11 bits per heavy atom. The molecule has 3 rings (SSSR count). The second-order valence-electron chi connectivity index (χ2n) is 6.16. The lowest BCUT2D eigenvalue weighted by atomic mass is 10.1. The molecular formula is C22H20N4O. The number of nitrogens with one attached hydrogen (secondary N) is 2. The molecule has 1 heterocycles. The number of benzene rings is 2. The number of anilines is 3. The highest BCUT2D eigenvalue weighted by atomic mass is 16.1. The molecule has 0 atom stereocenters. The normalized spacial score (nSPS) is 10.1. The lowest BCUT2D eigenvalue weighted by Crippen LogP contribution is -2.16. The number of amides is 1. The fraction of sp³-hybridized carbons (Fsp3) is 0.136. The van der Waals surface area contributed by atoms with Crippen molar-refractivity contribution in [2.24, 2.45) is 0 Å². The standard InChI is InChI=1S/C22H20N4O/c1-3-17-6-4-5-15(2)21(17)26-22(27)20-13-19(11-12-24-20)25-18-9-7-16(14-23)8-10-18/h4-13H,3H2,1-2H3,(H,24,25)(H,26,27). The van der Waals surface area contributed by atoms with E-state index in [1.54, 1.807) is 30.5 Å². The molecule has 0 aliphatic rings. The van der Waals surface area contributed by atoms with Crippen LogP contribution in [0.15, 0.2) is 60.8 Å². The molecule has 0 unspecified atom stereocenters. The van der Waals surface area contributed by atoms with E-state index in [0.717, 1.165) is 34.6 Å². The van der Waals surface area contributed by atoms with Gasteiger partial charge in [0.2, 0.25) is 0 Å². The zero-order chi connectivity index (χ0) is 19.2. The summed E-state index contributed by atoms with van der Waals surface area (Å²) in [6, 6.07) is 18.7. The highest BCUT2D eigenvalue weighted by Gasteiger charge is 2.12. The maximum atomic E-state index is 12.7. The summed E-state index contributed by atoms with van der Waals surface area (Å²) in [5, 5.41) is 15.1. The minimum absolute atomic E-state index is 0.248. The summed E-state index contributed by atoms with van der Waals surface area (Å²) in [5.41, 5.74) is 5.47. The fourth-order valence-electron chi connectivity index (χ4n) is 2.81. The van der Waals surface area contributed by atoms with E-state index in [0.29, 0.717) is 11.3 Å². The number of nitriles is 1. The maximum absolute atomic E-state index is 12.7. The molecule has 5 nitrogen and oxygen atoms in total. The molecular weight excluding hydrogens is 336 g/mol. The Morgan fingerprint density at radius 3 is 2.59 bits per heavy atom. The van der Waals surface area contributed by atoms with Crippen molar-refractivity contribution < 1.29 is 4.79 Å². The Labute approximate surface area is 158 Å². The first kappa shape index (κ1) is 18.2. The summed E-state index contributed by atoms with van der Waals surface area (Å²) in [6.07, 6.45) is 2.44. The topological polar surface area (TPSA) is 77.8 Å². The second-order valence-corrected chi connectivity index (χ2v) is 6.16. The monoisotopic (exact) mass is 356 g/mol. The van der Waals surface area contributed by atoms with Gasteiger partial charge in [-0.1, -0.05) is 25.1 Å². The van der Waals surface area contributed by atoms with Crippen LogP contribution >= 0.6 is 0 Å². The van der Waals surface area contributed by atoms with Crippen molar-refractivity contribution in [3.63, 3.8) is 0 Å². The third-order valence-electron chi connectivity index (χ3n) is 4.27. The molecule has 3 aromatic rings. The number of hydrogen-bond acceptors (Lipinski definition) is 4. The Bertz CT molecular complexity index is 1000. The van der Waals surface area contributed by atoms with Crippen LogP contribution in [-0.2, 0) is 6.42 Å². The van der Waals surface area contributed by atoms with Crippen LogP contribution < -0.4 is 10.6 Å². The van der Waals surface area contributed by atoms with E-state index < -0.39 is 0 Å². The number of pyridine rings is 1. The van der Waals surface area contributed by atoms with Crippen LogP contribution in [0.1, 0.15) is 34.1 Å². The highest BCUT2D eigenvalue weighted by molar-refractivity contribution is 6.04. The van der Waals surface area contributed by atoms with Gasteiger partial charge in [0.15, 0.2) is 0 Å². The van der Waals surface area contributed by atoms with E-state index in [1.165, 1.54) is 0 Å². The summed E-state index contributed by atoms with van der Waals surface area (Å²) >= 11 is 0. The molecule has 1 amide bonds. The number of carbonyl (C=O) groups is 1. The van der Waals surface area contributed by atoms with Gasteiger partial charge in [-0.3, -0.25) is 9.78 Å². The zero-order valence-corrected chi connectivity index (χ0v) is 15.3. The highest BCUT2D eigenvalue weighted by Crippen LogP contribution is 2.22. The van der Waals surface area contributed by atoms with Crippen molar-refractivity contribution >= 4 is 23.0 Å². The molecule has 1 aromatic heterocycles. The van der Waals surface area contributed by atoms with Crippen molar-refractivity contribution in [2.75, 3.05) is 10.6 Å². The average Bonchev–Trinajstić information content (AvgIpc) is 2.70. The van der Waals surface area contributed by atoms with Gasteiger partial charge in [0.05, 0.1) is 11.6 Å². The molecule has 0 saturated heterocycles. The first-order valence-corrected chi connectivity index (χ1v) is 8.73. The Morgan fingerprint density at radius 2 is 1.89 bits per heavy atom. The van der Waals surface area contributed by atoms with Crippen LogP contribution in [0.4, 0.5) is 17.1 Å².